The first-order valence-electron chi connectivity index (χ1n) is 11.0. The van der Waals surface area contributed by atoms with Crippen LogP contribution in [0.5, 0.6) is 5.75 Å². The Kier molecular flexibility index (Phi) is 9.33. The van der Waals surface area contributed by atoms with E-state index in [1.165, 1.54) is 0 Å². The summed E-state index contributed by atoms with van der Waals surface area (Å²) < 4.78 is 7.66. The quantitative estimate of drug-likeness (QED) is 0.342. The van der Waals surface area contributed by atoms with Crippen molar-refractivity contribution in [3.05, 3.63) is 36.4 Å². The molecule has 0 saturated carbocycles. The normalized spacial score (nSPS) is 14.7. The molecule has 0 bridgehead atoms. The number of para-hydroxylation sites is 2. The summed E-state index contributed by atoms with van der Waals surface area (Å²) in [6, 6.07) is 8.24. The molecule has 1 N–H and O–H groups in total. The van der Waals surface area contributed by atoms with Gasteiger partial charge >= 0.3 is 0 Å². The van der Waals surface area contributed by atoms with Gasteiger partial charge < -0.3 is 24.4 Å². The standard InChI is InChI=1S/C22H35N7OS/c1-4-21-26-25-18-29(21)12-11-24-22(23-10-7-17-31-3)28-15-13-27(14-16-28)19-8-5-6-9-20(19)30-2/h5-6,8-9,18H,4,7,10-17H2,1-3H3,(H,23,24). The van der Waals surface area contributed by atoms with Gasteiger partial charge in [0.2, 0.25) is 0 Å². The maximum Gasteiger partial charge on any atom is 0.194 e. The van der Waals surface area contributed by atoms with Crippen molar-refractivity contribution in [2.75, 3.05) is 63.3 Å². The van der Waals surface area contributed by atoms with Crippen LogP contribution in [0.25, 0.3) is 0 Å². The van der Waals surface area contributed by atoms with E-state index in [9.17, 15) is 0 Å². The number of thioether (sulfide) groups is 1. The summed E-state index contributed by atoms with van der Waals surface area (Å²) in [6.07, 6.45) is 5.94. The first-order chi connectivity index (χ1) is 15.3. The molecule has 0 radical (unpaired) electrons. The zero-order valence-electron chi connectivity index (χ0n) is 19.0. The molecule has 3 rings (SSSR count). The maximum atomic E-state index is 5.55. The number of aliphatic imine (C=N–C) groups is 1. The van der Waals surface area contributed by atoms with Crippen LogP contribution in [0.3, 0.4) is 0 Å². The number of methoxy groups -OCH3 is 1. The predicted octanol–water partition coefficient (Wildman–Crippen LogP) is 2.37. The van der Waals surface area contributed by atoms with Crippen LogP contribution in [-0.2, 0) is 13.0 Å². The van der Waals surface area contributed by atoms with Gasteiger partial charge in [0.25, 0.3) is 0 Å². The maximum absolute atomic E-state index is 5.55. The van der Waals surface area contributed by atoms with Crippen LogP contribution in [-0.4, -0.2) is 84.0 Å². The predicted molar refractivity (Wildman–Crippen MR) is 129 cm³/mol. The molecule has 31 heavy (non-hydrogen) atoms. The third-order valence-electron chi connectivity index (χ3n) is 5.42. The lowest BCUT2D eigenvalue weighted by Crippen LogP contribution is -2.53. The van der Waals surface area contributed by atoms with Gasteiger partial charge in [-0.15, -0.1) is 10.2 Å². The van der Waals surface area contributed by atoms with E-state index < -0.39 is 0 Å². The molecule has 1 aromatic heterocycles. The van der Waals surface area contributed by atoms with Gasteiger partial charge in [-0.25, -0.2) is 0 Å². The van der Waals surface area contributed by atoms with Gasteiger partial charge in [0, 0.05) is 52.2 Å². The number of aryl methyl sites for hydroxylation is 1. The second-order valence-corrected chi connectivity index (χ2v) is 8.40. The highest BCUT2D eigenvalue weighted by Gasteiger charge is 2.21. The molecule has 8 nitrogen and oxygen atoms in total. The van der Waals surface area contributed by atoms with Crippen LogP contribution >= 0.6 is 11.8 Å². The van der Waals surface area contributed by atoms with Crippen molar-refractivity contribution in [1.29, 1.82) is 0 Å². The number of hydrogen-bond donors (Lipinski definition) is 1. The summed E-state index contributed by atoms with van der Waals surface area (Å²) in [5.74, 6) is 4.09. The SMILES string of the molecule is CCc1nncn1CCNC(=NCCCSC)N1CCN(c2ccccc2OC)CC1. The molecular formula is C22H35N7OS. The van der Waals surface area contributed by atoms with Crippen molar-refractivity contribution in [3.63, 3.8) is 0 Å². The van der Waals surface area contributed by atoms with Crippen LogP contribution in [0, 0.1) is 0 Å². The zero-order chi connectivity index (χ0) is 21.9. The van der Waals surface area contributed by atoms with Crippen molar-refractivity contribution in [3.8, 4) is 5.75 Å². The van der Waals surface area contributed by atoms with Gasteiger partial charge in [0.05, 0.1) is 12.8 Å². The number of nitrogens with zero attached hydrogens (tertiary/aromatic N) is 6. The van der Waals surface area contributed by atoms with E-state index in [1.807, 2.05) is 30.2 Å². The van der Waals surface area contributed by atoms with Gasteiger partial charge in [-0.2, -0.15) is 11.8 Å². The molecule has 2 heterocycles. The summed E-state index contributed by atoms with van der Waals surface area (Å²) in [6.45, 7) is 8.34. The van der Waals surface area contributed by atoms with E-state index in [0.717, 1.165) is 87.6 Å². The highest BCUT2D eigenvalue weighted by atomic mass is 32.2. The largest absolute Gasteiger partial charge is 0.495 e. The van der Waals surface area contributed by atoms with Gasteiger partial charge in [0.1, 0.15) is 17.9 Å². The van der Waals surface area contributed by atoms with E-state index in [1.54, 1.807) is 7.11 Å². The fraction of sp³-hybridized carbons (Fsp3) is 0.591. The van der Waals surface area contributed by atoms with Crippen molar-refractivity contribution < 1.29 is 4.74 Å². The topological polar surface area (TPSA) is 70.8 Å². The molecule has 0 amide bonds. The average Bonchev–Trinajstić information content (AvgIpc) is 3.28. The Balaban J connectivity index is 1.58. The van der Waals surface area contributed by atoms with Crippen LogP contribution in [0.2, 0.25) is 0 Å². The van der Waals surface area contributed by atoms with Gasteiger partial charge in [0.15, 0.2) is 5.96 Å². The Labute approximate surface area is 190 Å². The number of guanidine groups is 1. The third-order valence-corrected chi connectivity index (χ3v) is 6.12. The number of anilines is 1. The van der Waals surface area contributed by atoms with Crippen molar-refractivity contribution in [1.82, 2.24) is 25.0 Å². The Morgan fingerprint density at radius 3 is 2.77 bits per heavy atom. The molecule has 170 valence electrons. The smallest absolute Gasteiger partial charge is 0.194 e. The number of rotatable bonds is 10. The number of benzene rings is 1. The first-order valence-corrected chi connectivity index (χ1v) is 12.4. The molecule has 2 aromatic rings. The number of piperazine rings is 1. The molecule has 1 fully saturated rings. The molecule has 9 heteroatoms. The van der Waals surface area contributed by atoms with Crippen LogP contribution in [0.4, 0.5) is 5.69 Å². The third kappa shape index (κ3) is 6.53. The van der Waals surface area contributed by atoms with E-state index >= 15 is 0 Å². The Hall–Kier alpha value is -2.42. The fourth-order valence-corrected chi connectivity index (χ4v) is 4.16. The van der Waals surface area contributed by atoms with Gasteiger partial charge in [-0.3, -0.25) is 4.99 Å². The zero-order valence-corrected chi connectivity index (χ0v) is 19.8. The van der Waals surface area contributed by atoms with Crippen LogP contribution < -0.4 is 15.0 Å². The average molecular weight is 446 g/mol. The Morgan fingerprint density at radius 2 is 2.03 bits per heavy atom. The summed E-state index contributed by atoms with van der Waals surface area (Å²) in [5, 5.41) is 11.8. The lowest BCUT2D eigenvalue weighted by molar-refractivity contribution is 0.365. The van der Waals surface area contributed by atoms with Crippen molar-refractivity contribution in [2.45, 2.75) is 26.3 Å². The summed E-state index contributed by atoms with van der Waals surface area (Å²) in [5.41, 5.74) is 1.16. The highest BCUT2D eigenvalue weighted by Crippen LogP contribution is 2.28. The molecule has 0 unspecified atom stereocenters. The van der Waals surface area contributed by atoms with Gasteiger partial charge in [-0.1, -0.05) is 19.1 Å². The monoisotopic (exact) mass is 445 g/mol. The van der Waals surface area contributed by atoms with E-state index in [4.69, 9.17) is 9.73 Å². The minimum atomic E-state index is 0.805. The first kappa shape index (κ1) is 23.2. The molecule has 1 aliphatic rings. The second-order valence-electron chi connectivity index (χ2n) is 7.42. The Morgan fingerprint density at radius 1 is 1.23 bits per heavy atom. The minimum Gasteiger partial charge on any atom is -0.495 e. The molecule has 0 aliphatic carbocycles. The molecule has 1 aromatic carbocycles. The van der Waals surface area contributed by atoms with E-state index in [0.29, 0.717) is 0 Å². The molecule has 1 saturated heterocycles. The van der Waals surface area contributed by atoms with E-state index in [2.05, 4.69) is 55.2 Å². The lowest BCUT2D eigenvalue weighted by atomic mass is 10.2. The number of aromatic nitrogens is 3. The second kappa shape index (κ2) is 12.4. The summed E-state index contributed by atoms with van der Waals surface area (Å²) >= 11 is 1.87. The summed E-state index contributed by atoms with van der Waals surface area (Å²) in [4.78, 5) is 9.68. The van der Waals surface area contributed by atoms with Crippen molar-refractivity contribution in [2.24, 2.45) is 4.99 Å². The Bertz CT molecular complexity index is 818. The van der Waals surface area contributed by atoms with Gasteiger partial charge in [-0.05, 0) is 30.6 Å². The van der Waals surface area contributed by atoms with Crippen LogP contribution in [0.15, 0.2) is 35.6 Å². The molecule has 0 spiro atoms. The minimum absolute atomic E-state index is 0.805. The number of ether oxygens (including phenoxy) is 1. The number of hydrogen-bond acceptors (Lipinski definition) is 6. The summed E-state index contributed by atoms with van der Waals surface area (Å²) in [7, 11) is 1.73. The highest BCUT2D eigenvalue weighted by molar-refractivity contribution is 7.98. The van der Waals surface area contributed by atoms with Crippen LogP contribution in [0.1, 0.15) is 19.2 Å². The lowest BCUT2D eigenvalue weighted by Gasteiger charge is -2.38. The molecular weight excluding hydrogens is 410 g/mol. The molecule has 0 atom stereocenters. The molecule has 1 aliphatic heterocycles. The number of nitrogens with one attached hydrogen (secondary N) is 1. The fourth-order valence-electron chi connectivity index (χ4n) is 3.74. The van der Waals surface area contributed by atoms with E-state index in [-0.39, 0.29) is 0 Å². The van der Waals surface area contributed by atoms with Crippen molar-refractivity contribution >= 4 is 23.4 Å².